The molecule has 0 saturated heterocycles. The first-order chi connectivity index (χ1) is 26.8. The van der Waals surface area contributed by atoms with E-state index in [0.29, 0.717) is 12.8 Å². The molecule has 55 heavy (non-hydrogen) atoms. The summed E-state index contributed by atoms with van der Waals surface area (Å²) in [7, 11) is -4.39. The van der Waals surface area contributed by atoms with E-state index in [1.807, 2.05) is 0 Å². The molecule has 0 heterocycles. The van der Waals surface area contributed by atoms with Gasteiger partial charge in [-0.05, 0) is 83.5 Å². The van der Waals surface area contributed by atoms with E-state index in [-0.39, 0.29) is 32.6 Å². The van der Waals surface area contributed by atoms with Gasteiger partial charge in [0.15, 0.2) is 6.10 Å². The van der Waals surface area contributed by atoms with Gasteiger partial charge in [0.2, 0.25) is 0 Å². The van der Waals surface area contributed by atoms with Crippen molar-refractivity contribution in [3.8, 4) is 0 Å². The summed E-state index contributed by atoms with van der Waals surface area (Å²) < 4.78 is 32.7. The lowest BCUT2D eigenvalue weighted by Crippen LogP contribution is -2.29. The van der Waals surface area contributed by atoms with Gasteiger partial charge in [0.25, 0.3) is 0 Å². The second-order valence-electron chi connectivity index (χ2n) is 14.2. The van der Waals surface area contributed by atoms with Crippen molar-refractivity contribution in [2.24, 2.45) is 5.73 Å². The Bertz CT molecular complexity index is 1090. The molecule has 318 valence electrons. The SMILES string of the molecule is CCCCC/C=C/C/C=C/C/C=C/C/C=C/CCCCCC(=O)O[C@H](COC(=O)CCCCC/C=C/CCCCCCCCCC)COP(=O)(O)OCCN. The van der Waals surface area contributed by atoms with Crippen molar-refractivity contribution in [1.29, 1.82) is 0 Å². The Labute approximate surface area is 336 Å². The summed E-state index contributed by atoms with van der Waals surface area (Å²) in [5.74, 6) is -0.886. The summed E-state index contributed by atoms with van der Waals surface area (Å²) in [6.45, 7) is 3.64. The van der Waals surface area contributed by atoms with Crippen LogP contribution in [0.4, 0.5) is 0 Å². The van der Waals surface area contributed by atoms with Crippen molar-refractivity contribution >= 4 is 19.8 Å². The molecule has 0 saturated carbocycles. The molecule has 0 amide bonds. The Morgan fingerprint density at radius 2 is 0.945 bits per heavy atom. The van der Waals surface area contributed by atoms with Gasteiger partial charge < -0.3 is 20.1 Å². The smallest absolute Gasteiger partial charge is 0.462 e. The molecule has 10 heteroatoms. The second-order valence-corrected chi connectivity index (χ2v) is 15.7. The van der Waals surface area contributed by atoms with E-state index in [0.717, 1.165) is 64.2 Å². The fourth-order valence-corrected chi connectivity index (χ4v) is 6.38. The first-order valence-corrected chi connectivity index (χ1v) is 23.3. The number of nitrogens with two attached hydrogens (primary N) is 1. The average molecular weight is 794 g/mol. The molecule has 0 spiro atoms. The highest BCUT2D eigenvalue weighted by molar-refractivity contribution is 7.47. The minimum atomic E-state index is -4.39. The zero-order chi connectivity index (χ0) is 40.3. The third-order valence-electron chi connectivity index (χ3n) is 8.88. The normalized spacial score (nSPS) is 13.9. The van der Waals surface area contributed by atoms with Gasteiger partial charge >= 0.3 is 19.8 Å². The molecule has 0 fully saturated rings. The summed E-state index contributed by atoms with van der Waals surface area (Å²) in [6.07, 6.45) is 48.2. The molecule has 0 bridgehead atoms. The number of carbonyl (C=O) groups is 2. The number of hydrogen-bond donors (Lipinski definition) is 2. The molecular formula is C45H80NO8P. The van der Waals surface area contributed by atoms with Crippen molar-refractivity contribution in [2.45, 2.75) is 187 Å². The average Bonchev–Trinajstić information content (AvgIpc) is 3.17. The number of hydrogen-bond acceptors (Lipinski definition) is 8. The minimum Gasteiger partial charge on any atom is -0.462 e. The van der Waals surface area contributed by atoms with Gasteiger partial charge in [-0.2, -0.15) is 0 Å². The molecular weight excluding hydrogens is 713 g/mol. The van der Waals surface area contributed by atoms with E-state index < -0.39 is 32.5 Å². The number of phosphoric ester groups is 1. The zero-order valence-electron chi connectivity index (χ0n) is 34.9. The first-order valence-electron chi connectivity index (χ1n) is 21.8. The lowest BCUT2D eigenvalue weighted by Gasteiger charge is -2.19. The Morgan fingerprint density at radius 3 is 1.45 bits per heavy atom. The van der Waals surface area contributed by atoms with E-state index in [2.05, 4.69) is 74.6 Å². The monoisotopic (exact) mass is 794 g/mol. The maximum absolute atomic E-state index is 12.6. The Kier molecular flexibility index (Phi) is 39.6. The number of ether oxygens (including phenoxy) is 2. The van der Waals surface area contributed by atoms with Crippen LogP contribution in [0.1, 0.15) is 181 Å². The summed E-state index contributed by atoms with van der Waals surface area (Å²) in [6, 6.07) is 0. The van der Waals surface area contributed by atoms with Gasteiger partial charge in [0, 0.05) is 19.4 Å². The number of rotatable bonds is 40. The van der Waals surface area contributed by atoms with Crippen LogP contribution in [0.3, 0.4) is 0 Å². The van der Waals surface area contributed by atoms with Crippen LogP contribution in [-0.4, -0.2) is 49.3 Å². The fourth-order valence-electron chi connectivity index (χ4n) is 5.61. The Hall–Kier alpha value is -2.29. The van der Waals surface area contributed by atoms with Gasteiger partial charge in [-0.3, -0.25) is 18.6 Å². The molecule has 0 aromatic carbocycles. The van der Waals surface area contributed by atoms with Crippen LogP contribution < -0.4 is 5.73 Å². The standard InChI is InChI=1S/C45H80NO8P/c1-3-5-7-9-11-13-15-17-19-20-21-22-24-26-28-30-32-34-36-38-45(48)54-43(42-53-55(49,50)52-40-39-46)41-51-44(47)37-35-33-31-29-27-25-23-18-16-14-12-10-8-6-4-2/h11,13,17,19,21-22,25-28,43H,3-10,12,14-16,18,20,23-24,29-42,46H2,1-2H3,(H,49,50)/b13-11+,19-17+,22-21+,27-25+,28-26+/t43-/m1/s1. The van der Waals surface area contributed by atoms with Crippen LogP contribution in [0.5, 0.6) is 0 Å². The number of carbonyl (C=O) groups excluding carboxylic acids is 2. The number of phosphoric acid groups is 1. The highest BCUT2D eigenvalue weighted by Crippen LogP contribution is 2.43. The maximum Gasteiger partial charge on any atom is 0.472 e. The molecule has 3 N–H and O–H groups in total. The van der Waals surface area contributed by atoms with Crippen LogP contribution >= 0.6 is 7.82 Å². The van der Waals surface area contributed by atoms with Crippen LogP contribution in [0.2, 0.25) is 0 Å². The number of esters is 2. The fraction of sp³-hybridized carbons (Fsp3) is 0.733. The van der Waals surface area contributed by atoms with E-state index in [1.165, 1.54) is 77.0 Å². The third kappa shape index (κ3) is 41.2. The maximum atomic E-state index is 12.6. The Balaban J connectivity index is 4.26. The highest BCUT2D eigenvalue weighted by atomic mass is 31.2. The van der Waals surface area contributed by atoms with Gasteiger partial charge in [-0.15, -0.1) is 0 Å². The van der Waals surface area contributed by atoms with Gasteiger partial charge in [0.1, 0.15) is 6.61 Å². The van der Waals surface area contributed by atoms with Crippen LogP contribution in [0.15, 0.2) is 60.8 Å². The molecule has 0 radical (unpaired) electrons. The van der Waals surface area contributed by atoms with Crippen LogP contribution in [-0.2, 0) is 32.7 Å². The Morgan fingerprint density at radius 1 is 0.545 bits per heavy atom. The predicted molar refractivity (Wildman–Crippen MR) is 229 cm³/mol. The van der Waals surface area contributed by atoms with Crippen molar-refractivity contribution < 1.29 is 37.6 Å². The minimum absolute atomic E-state index is 0.0436. The molecule has 2 atom stereocenters. The molecule has 0 aromatic heterocycles. The molecule has 0 rings (SSSR count). The van der Waals surface area contributed by atoms with Crippen LogP contribution in [0.25, 0.3) is 0 Å². The second kappa shape index (κ2) is 41.3. The van der Waals surface area contributed by atoms with E-state index in [1.54, 1.807) is 0 Å². The van der Waals surface area contributed by atoms with E-state index in [9.17, 15) is 19.0 Å². The molecule has 0 aliphatic rings. The van der Waals surface area contributed by atoms with Gasteiger partial charge in [-0.25, -0.2) is 4.57 Å². The summed E-state index contributed by atoms with van der Waals surface area (Å²) in [5.41, 5.74) is 5.34. The van der Waals surface area contributed by atoms with Crippen LogP contribution in [0, 0.1) is 0 Å². The summed E-state index contributed by atoms with van der Waals surface area (Å²) in [4.78, 5) is 34.8. The number of allylic oxidation sites excluding steroid dienone is 10. The lowest BCUT2D eigenvalue weighted by atomic mass is 10.1. The quantitative estimate of drug-likeness (QED) is 0.0269. The lowest BCUT2D eigenvalue weighted by molar-refractivity contribution is -0.161. The molecule has 9 nitrogen and oxygen atoms in total. The topological polar surface area (TPSA) is 134 Å². The van der Waals surface area contributed by atoms with Crippen molar-refractivity contribution in [2.75, 3.05) is 26.4 Å². The predicted octanol–water partition coefficient (Wildman–Crippen LogP) is 12.5. The molecule has 1 unspecified atom stereocenters. The van der Waals surface area contributed by atoms with Crippen molar-refractivity contribution in [3.05, 3.63) is 60.8 Å². The van der Waals surface area contributed by atoms with Crippen molar-refractivity contribution in [3.63, 3.8) is 0 Å². The largest absolute Gasteiger partial charge is 0.472 e. The molecule has 0 aliphatic carbocycles. The third-order valence-corrected chi connectivity index (χ3v) is 9.86. The number of unbranched alkanes of at least 4 members (excludes halogenated alkanes) is 17. The first kappa shape index (κ1) is 52.7. The zero-order valence-corrected chi connectivity index (χ0v) is 35.8. The summed E-state index contributed by atoms with van der Waals surface area (Å²) >= 11 is 0. The molecule has 0 aromatic rings. The van der Waals surface area contributed by atoms with Gasteiger partial charge in [0.05, 0.1) is 13.2 Å². The van der Waals surface area contributed by atoms with Crippen molar-refractivity contribution in [1.82, 2.24) is 0 Å². The molecule has 0 aliphatic heterocycles. The van der Waals surface area contributed by atoms with Gasteiger partial charge in [-0.1, -0.05) is 145 Å². The summed E-state index contributed by atoms with van der Waals surface area (Å²) in [5, 5.41) is 0. The van der Waals surface area contributed by atoms with E-state index in [4.69, 9.17) is 24.3 Å². The van der Waals surface area contributed by atoms with E-state index >= 15 is 0 Å². The highest BCUT2D eigenvalue weighted by Gasteiger charge is 2.25.